The number of hydrogen-bond acceptors (Lipinski definition) is 2. The molecule has 0 saturated carbocycles. The monoisotopic (exact) mass is 298 g/mol. The predicted octanol–water partition coefficient (Wildman–Crippen LogP) is 3.97. The zero-order chi connectivity index (χ0) is 14.0. The first kappa shape index (κ1) is 13.6. The molecule has 2 rings (SSSR count). The Morgan fingerprint density at radius 2 is 1.95 bits per heavy atom. The summed E-state index contributed by atoms with van der Waals surface area (Å²) in [7, 11) is 0. The number of hydrogen-bond donors (Lipinski definition) is 2. The van der Waals surface area contributed by atoms with E-state index in [0.29, 0.717) is 10.7 Å². The molecular formula is C13H9Cl2FN2O. The van der Waals surface area contributed by atoms with Crippen LogP contribution < -0.4 is 11.1 Å². The summed E-state index contributed by atoms with van der Waals surface area (Å²) in [5.41, 5.74) is 5.73. The molecule has 3 nitrogen and oxygen atoms in total. The van der Waals surface area contributed by atoms with Gasteiger partial charge in [0.05, 0.1) is 22.0 Å². The molecule has 2 aromatic carbocycles. The van der Waals surface area contributed by atoms with Crippen LogP contribution in [0.15, 0.2) is 36.4 Å². The molecule has 0 heterocycles. The summed E-state index contributed by atoms with van der Waals surface area (Å²) in [5, 5.41) is 3.29. The molecule has 0 unspecified atom stereocenters. The SMILES string of the molecule is Nc1c(F)cccc1C(=O)Nc1ccc(Cl)cc1Cl. The van der Waals surface area contributed by atoms with Crippen molar-refractivity contribution in [2.45, 2.75) is 0 Å². The number of benzene rings is 2. The van der Waals surface area contributed by atoms with E-state index < -0.39 is 11.7 Å². The number of anilines is 2. The van der Waals surface area contributed by atoms with Gasteiger partial charge in [0.1, 0.15) is 5.82 Å². The third-order valence-electron chi connectivity index (χ3n) is 2.48. The van der Waals surface area contributed by atoms with Gasteiger partial charge in [0.15, 0.2) is 0 Å². The van der Waals surface area contributed by atoms with Crippen LogP contribution >= 0.6 is 23.2 Å². The standard InChI is InChI=1S/C13H9Cl2FN2O/c14-7-4-5-11(9(15)6-7)18-13(19)8-2-1-3-10(16)12(8)17/h1-6H,17H2,(H,18,19). The fraction of sp³-hybridized carbons (Fsp3) is 0. The zero-order valence-electron chi connectivity index (χ0n) is 9.58. The first-order valence-electron chi connectivity index (χ1n) is 5.29. The van der Waals surface area contributed by atoms with E-state index in [4.69, 9.17) is 28.9 Å². The highest BCUT2D eigenvalue weighted by molar-refractivity contribution is 6.36. The van der Waals surface area contributed by atoms with Crippen molar-refractivity contribution >= 4 is 40.5 Å². The molecule has 1 amide bonds. The van der Waals surface area contributed by atoms with Crippen LogP contribution in [0.2, 0.25) is 10.0 Å². The molecule has 6 heteroatoms. The van der Waals surface area contributed by atoms with Crippen LogP contribution in [-0.4, -0.2) is 5.91 Å². The van der Waals surface area contributed by atoms with Crippen LogP contribution in [0.1, 0.15) is 10.4 Å². The van der Waals surface area contributed by atoms with Gasteiger partial charge in [-0.15, -0.1) is 0 Å². The van der Waals surface area contributed by atoms with E-state index in [9.17, 15) is 9.18 Å². The Hall–Kier alpha value is -1.78. The normalized spacial score (nSPS) is 10.3. The van der Waals surface area contributed by atoms with Gasteiger partial charge in [0.25, 0.3) is 5.91 Å². The second-order valence-electron chi connectivity index (χ2n) is 3.78. The number of rotatable bonds is 2. The Morgan fingerprint density at radius 3 is 2.63 bits per heavy atom. The number of amides is 1. The lowest BCUT2D eigenvalue weighted by Crippen LogP contribution is -2.15. The Labute approximate surface area is 119 Å². The van der Waals surface area contributed by atoms with Gasteiger partial charge in [-0.3, -0.25) is 4.79 Å². The van der Waals surface area contributed by atoms with Gasteiger partial charge in [-0.25, -0.2) is 4.39 Å². The average Bonchev–Trinajstić information content (AvgIpc) is 2.36. The fourth-order valence-electron chi connectivity index (χ4n) is 1.52. The number of nitrogen functional groups attached to an aromatic ring is 1. The number of nitrogens with two attached hydrogens (primary N) is 1. The van der Waals surface area contributed by atoms with Crippen LogP contribution in [0.3, 0.4) is 0 Å². The molecule has 0 atom stereocenters. The van der Waals surface area contributed by atoms with Crippen molar-refractivity contribution in [1.82, 2.24) is 0 Å². The summed E-state index contributed by atoms with van der Waals surface area (Å²) in [4.78, 5) is 12.0. The topological polar surface area (TPSA) is 55.1 Å². The minimum atomic E-state index is -0.644. The number of carbonyl (C=O) groups is 1. The van der Waals surface area contributed by atoms with Crippen LogP contribution in [0, 0.1) is 5.82 Å². The summed E-state index contributed by atoms with van der Waals surface area (Å²) in [6, 6.07) is 8.65. The van der Waals surface area contributed by atoms with Crippen molar-refractivity contribution in [3.63, 3.8) is 0 Å². The molecule has 0 fully saturated rings. The zero-order valence-corrected chi connectivity index (χ0v) is 11.1. The number of carbonyl (C=O) groups excluding carboxylic acids is 1. The molecule has 0 aliphatic heterocycles. The average molecular weight is 299 g/mol. The second kappa shape index (κ2) is 5.47. The molecule has 0 spiro atoms. The summed E-state index contributed by atoms with van der Waals surface area (Å²) >= 11 is 11.7. The first-order valence-corrected chi connectivity index (χ1v) is 6.05. The van der Waals surface area contributed by atoms with Crippen LogP contribution in [-0.2, 0) is 0 Å². The largest absolute Gasteiger partial charge is 0.396 e. The second-order valence-corrected chi connectivity index (χ2v) is 4.62. The third-order valence-corrected chi connectivity index (χ3v) is 3.02. The number of para-hydroxylation sites is 1. The third kappa shape index (κ3) is 2.97. The maximum atomic E-state index is 13.3. The predicted molar refractivity (Wildman–Crippen MR) is 75.2 cm³/mol. The van der Waals surface area contributed by atoms with Crippen molar-refractivity contribution in [1.29, 1.82) is 0 Å². The van der Waals surface area contributed by atoms with E-state index in [0.717, 1.165) is 0 Å². The maximum absolute atomic E-state index is 13.3. The Bertz CT molecular complexity index is 647. The molecule has 2 aromatic rings. The number of nitrogens with one attached hydrogen (secondary N) is 1. The highest BCUT2D eigenvalue weighted by Gasteiger charge is 2.14. The molecule has 0 aliphatic rings. The molecule has 0 aliphatic carbocycles. The summed E-state index contributed by atoms with van der Waals surface area (Å²) in [6.45, 7) is 0. The summed E-state index contributed by atoms with van der Waals surface area (Å²) in [5.74, 6) is -1.18. The lowest BCUT2D eigenvalue weighted by atomic mass is 10.1. The van der Waals surface area contributed by atoms with E-state index in [1.54, 1.807) is 12.1 Å². The van der Waals surface area contributed by atoms with Gasteiger partial charge in [-0.05, 0) is 30.3 Å². The summed E-state index contributed by atoms with van der Waals surface area (Å²) < 4.78 is 13.3. The molecule has 98 valence electrons. The first-order chi connectivity index (χ1) is 8.99. The van der Waals surface area contributed by atoms with E-state index in [1.165, 1.54) is 24.3 Å². The fourth-order valence-corrected chi connectivity index (χ4v) is 1.97. The quantitative estimate of drug-likeness (QED) is 0.824. The molecule has 19 heavy (non-hydrogen) atoms. The Morgan fingerprint density at radius 1 is 1.21 bits per heavy atom. The molecule has 3 N–H and O–H groups in total. The van der Waals surface area contributed by atoms with Crippen molar-refractivity contribution in [2.75, 3.05) is 11.1 Å². The van der Waals surface area contributed by atoms with E-state index >= 15 is 0 Å². The van der Waals surface area contributed by atoms with E-state index in [-0.39, 0.29) is 16.3 Å². The van der Waals surface area contributed by atoms with Crippen molar-refractivity contribution in [2.24, 2.45) is 0 Å². The number of halogens is 3. The lowest BCUT2D eigenvalue weighted by Gasteiger charge is -2.09. The molecule has 0 aromatic heterocycles. The van der Waals surface area contributed by atoms with Crippen molar-refractivity contribution in [3.8, 4) is 0 Å². The minimum absolute atomic E-state index is 0.0472. The molecule has 0 bridgehead atoms. The Kier molecular flexibility index (Phi) is 3.93. The van der Waals surface area contributed by atoms with E-state index in [1.807, 2.05) is 0 Å². The smallest absolute Gasteiger partial charge is 0.257 e. The highest BCUT2D eigenvalue weighted by Crippen LogP contribution is 2.26. The molecule has 0 saturated heterocycles. The van der Waals surface area contributed by atoms with Crippen LogP contribution in [0.5, 0.6) is 0 Å². The van der Waals surface area contributed by atoms with Gasteiger partial charge in [0.2, 0.25) is 0 Å². The van der Waals surface area contributed by atoms with Crippen molar-refractivity contribution < 1.29 is 9.18 Å². The lowest BCUT2D eigenvalue weighted by molar-refractivity contribution is 0.102. The van der Waals surface area contributed by atoms with E-state index in [2.05, 4.69) is 5.32 Å². The summed E-state index contributed by atoms with van der Waals surface area (Å²) in [6.07, 6.45) is 0. The molecule has 0 radical (unpaired) electrons. The van der Waals surface area contributed by atoms with Gasteiger partial charge >= 0.3 is 0 Å². The highest BCUT2D eigenvalue weighted by atomic mass is 35.5. The molecular weight excluding hydrogens is 290 g/mol. The van der Waals surface area contributed by atoms with Crippen molar-refractivity contribution in [3.05, 3.63) is 57.8 Å². The van der Waals surface area contributed by atoms with Gasteiger partial charge < -0.3 is 11.1 Å². The van der Waals surface area contributed by atoms with Gasteiger partial charge in [-0.1, -0.05) is 29.3 Å². The van der Waals surface area contributed by atoms with Gasteiger partial charge in [0, 0.05) is 5.02 Å². The van der Waals surface area contributed by atoms with Gasteiger partial charge in [-0.2, -0.15) is 0 Å². The minimum Gasteiger partial charge on any atom is -0.396 e. The van der Waals surface area contributed by atoms with Crippen LogP contribution in [0.25, 0.3) is 0 Å². The maximum Gasteiger partial charge on any atom is 0.257 e. The van der Waals surface area contributed by atoms with Crippen LogP contribution in [0.4, 0.5) is 15.8 Å². The Balaban J connectivity index is 2.28.